The molecule has 0 aromatic rings. The summed E-state index contributed by atoms with van der Waals surface area (Å²) in [4.78, 5) is 48.3. The van der Waals surface area contributed by atoms with E-state index in [1.165, 1.54) is 0 Å². The van der Waals surface area contributed by atoms with E-state index >= 15 is 0 Å². The normalized spacial score (nSPS) is 21.6. The number of carbonyl (C=O) groups excluding carboxylic acids is 2. The number of carboxylic acid groups (broad SMARTS) is 2. The fourth-order valence-corrected chi connectivity index (χ4v) is 4.92. The van der Waals surface area contributed by atoms with Crippen LogP contribution < -0.4 is 0 Å². The summed E-state index contributed by atoms with van der Waals surface area (Å²) in [6.07, 6.45) is 6.53. The molecular formula is C26H44O8. The third-order valence-electron chi connectivity index (χ3n) is 7.28. The van der Waals surface area contributed by atoms with E-state index in [1.807, 2.05) is 20.8 Å². The molecule has 1 saturated carbocycles. The van der Waals surface area contributed by atoms with Gasteiger partial charge in [-0.2, -0.15) is 0 Å². The molecule has 0 spiro atoms. The van der Waals surface area contributed by atoms with E-state index in [1.54, 1.807) is 6.92 Å². The van der Waals surface area contributed by atoms with Gasteiger partial charge in [-0.25, -0.2) is 0 Å². The Labute approximate surface area is 203 Å². The van der Waals surface area contributed by atoms with Gasteiger partial charge in [-0.15, -0.1) is 0 Å². The predicted molar refractivity (Wildman–Crippen MR) is 127 cm³/mol. The van der Waals surface area contributed by atoms with Crippen LogP contribution in [-0.2, 0) is 28.7 Å². The van der Waals surface area contributed by atoms with Crippen molar-refractivity contribution in [3.8, 4) is 0 Å². The Morgan fingerprint density at radius 3 is 1.82 bits per heavy atom. The first kappa shape index (κ1) is 29.9. The van der Waals surface area contributed by atoms with E-state index in [9.17, 15) is 29.4 Å². The monoisotopic (exact) mass is 484 g/mol. The second-order valence-electron chi connectivity index (χ2n) is 9.63. The summed E-state index contributed by atoms with van der Waals surface area (Å²) in [5.74, 6) is -5.28. The molecule has 1 rings (SSSR count). The highest BCUT2D eigenvalue weighted by Gasteiger charge is 2.37. The zero-order valence-electron chi connectivity index (χ0n) is 21.3. The van der Waals surface area contributed by atoms with Gasteiger partial charge in [-0.3, -0.25) is 19.2 Å². The maximum Gasteiger partial charge on any atom is 0.309 e. The van der Waals surface area contributed by atoms with Crippen LogP contribution >= 0.6 is 0 Å². The lowest BCUT2D eigenvalue weighted by Crippen LogP contribution is -2.34. The summed E-state index contributed by atoms with van der Waals surface area (Å²) in [6.45, 7) is 8.13. The van der Waals surface area contributed by atoms with Crippen LogP contribution in [0.1, 0.15) is 91.9 Å². The minimum Gasteiger partial charge on any atom is -0.481 e. The summed E-state index contributed by atoms with van der Waals surface area (Å²) >= 11 is 0. The van der Waals surface area contributed by atoms with E-state index in [4.69, 9.17) is 9.47 Å². The highest BCUT2D eigenvalue weighted by atomic mass is 16.5. The summed E-state index contributed by atoms with van der Waals surface area (Å²) in [6, 6.07) is 0. The van der Waals surface area contributed by atoms with E-state index in [0.29, 0.717) is 38.5 Å². The van der Waals surface area contributed by atoms with Gasteiger partial charge in [0.15, 0.2) is 0 Å². The van der Waals surface area contributed by atoms with Gasteiger partial charge in [0.05, 0.1) is 36.9 Å². The number of ether oxygens (including phenoxy) is 2. The first-order valence-electron chi connectivity index (χ1n) is 13.0. The topological polar surface area (TPSA) is 127 Å². The molecule has 1 aliphatic carbocycles. The van der Waals surface area contributed by atoms with Gasteiger partial charge < -0.3 is 19.7 Å². The Morgan fingerprint density at radius 2 is 1.35 bits per heavy atom. The molecule has 8 nitrogen and oxygen atoms in total. The van der Waals surface area contributed by atoms with E-state index in [-0.39, 0.29) is 25.0 Å². The van der Waals surface area contributed by atoms with Gasteiger partial charge in [-0.05, 0) is 43.9 Å². The second kappa shape index (κ2) is 15.7. The van der Waals surface area contributed by atoms with Crippen molar-refractivity contribution in [3.63, 3.8) is 0 Å². The number of esters is 2. The maximum atomic E-state index is 12.7. The van der Waals surface area contributed by atoms with Gasteiger partial charge in [0.2, 0.25) is 0 Å². The fraction of sp³-hybridized carbons (Fsp3) is 0.846. The highest BCUT2D eigenvalue weighted by molar-refractivity contribution is 5.81. The maximum absolute atomic E-state index is 12.7. The number of hydrogen-bond acceptors (Lipinski definition) is 6. The van der Waals surface area contributed by atoms with Crippen molar-refractivity contribution in [2.24, 2.45) is 35.5 Å². The molecule has 196 valence electrons. The summed E-state index contributed by atoms with van der Waals surface area (Å²) in [5.41, 5.74) is 0. The number of aliphatic carboxylic acids is 2. The largest absolute Gasteiger partial charge is 0.481 e. The second-order valence-corrected chi connectivity index (χ2v) is 9.63. The van der Waals surface area contributed by atoms with E-state index in [0.717, 1.165) is 25.7 Å². The zero-order valence-corrected chi connectivity index (χ0v) is 21.3. The molecule has 0 aromatic carbocycles. The van der Waals surface area contributed by atoms with Crippen LogP contribution in [0.5, 0.6) is 0 Å². The standard InChI is InChI=1S/C26H44O8/c1-5-11-21(19(8-4)23(27)28)25(31)33-15-17(6-2)14-18(7-3)16-34-26(32)22-13-10-9-12-20(22)24(29)30/h17-22H,5-16H2,1-4H3,(H,27,28)(H,29,30). The van der Waals surface area contributed by atoms with Crippen LogP contribution in [0.25, 0.3) is 0 Å². The van der Waals surface area contributed by atoms with Crippen LogP contribution in [-0.4, -0.2) is 47.3 Å². The highest BCUT2D eigenvalue weighted by Crippen LogP contribution is 2.32. The van der Waals surface area contributed by atoms with Crippen LogP contribution in [0.4, 0.5) is 0 Å². The van der Waals surface area contributed by atoms with Crippen LogP contribution in [0.3, 0.4) is 0 Å². The zero-order chi connectivity index (χ0) is 25.7. The molecule has 0 saturated heterocycles. The van der Waals surface area contributed by atoms with Gasteiger partial charge in [0.25, 0.3) is 0 Å². The molecule has 34 heavy (non-hydrogen) atoms. The van der Waals surface area contributed by atoms with Crippen LogP contribution in [0, 0.1) is 35.5 Å². The molecule has 1 aliphatic rings. The Kier molecular flexibility index (Phi) is 13.8. The molecule has 0 bridgehead atoms. The molecule has 0 aliphatic heterocycles. The lowest BCUT2D eigenvalue weighted by Gasteiger charge is -2.28. The molecule has 0 radical (unpaired) electrons. The molecule has 1 fully saturated rings. The Bertz CT molecular complexity index is 661. The first-order chi connectivity index (χ1) is 16.2. The van der Waals surface area contributed by atoms with E-state index < -0.39 is 47.5 Å². The Balaban J connectivity index is 2.63. The number of carboxylic acids is 2. The predicted octanol–water partition coefficient (Wildman–Crippen LogP) is 4.93. The van der Waals surface area contributed by atoms with Crippen molar-refractivity contribution in [3.05, 3.63) is 0 Å². The van der Waals surface area contributed by atoms with Gasteiger partial charge in [-0.1, -0.05) is 59.8 Å². The molecule has 0 aromatic heterocycles. The molecule has 8 heteroatoms. The van der Waals surface area contributed by atoms with Crippen LogP contribution in [0.2, 0.25) is 0 Å². The third kappa shape index (κ3) is 9.26. The molecule has 0 heterocycles. The van der Waals surface area contributed by atoms with Crippen molar-refractivity contribution in [2.75, 3.05) is 13.2 Å². The first-order valence-corrected chi connectivity index (χ1v) is 13.0. The summed E-state index contributed by atoms with van der Waals surface area (Å²) in [5, 5.41) is 18.9. The van der Waals surface area contributed by atoms with Crippen molar-refractivity contribution in [2.45, 2.75) is 91.9 Å². The van der Waals surface area contributed by atoms with Crippen molar-refractivity contribution >= 4 is 23.9 Å². The number of hydrogen-bond donors (Lipinski definition) is 2. The van der Waals surface area contributed by atoms with Crippen LogP contribution in [0.15, 0.2) is 0 Å². The SMILES string of the molecule is CCCC(C(=O)OCC(CC)CC(CC)COC(=O)C1CCCCC1C(=O)O)C(CC)C(=O)O. The Morgan fingerprint density at radius 1 is 0.794 bits per heavy atom. The fourth-order valence-electron chi connectivity index (χ4n) is 4.92. The Hall–Kier alpha value is -2.12. The minimum atomic E-state index is -0.971. The smallest absolute Gasteiger partial charge is 0.309 e. The van der Waals surface area contributed by atoms with Gasteiger partial charge in [0, 0.05) is 0 Å². The van der Waals surface area contributed by atoms with Crippen molar-refractivity contribution < 1.29 is 38.9 Å². The molecule has 6 unspecified atom stereocenters. The minimum absolute atomic E-state index is 0.0706. The summed E-state index contributed by atoms with van der Waals surface area (Å²) in [7, 11) is 0. The molecule has 0 amide bonds. The molecular weight excluding hydrogens is 440 g/mol. The summed E-state index contributed by atoms with van der Waals surface area (Å²) < 4.78 is 11.1. The molecule has 6 atom stereocenters. The lowest BCUT2D eigenvalue weighted by molar-refractivity contribution is -0.161. The van der Waals surface area contributed by atoms with Gasteiger partial charge >= 0.3 is 23.9 Å². The average molecular weight is 485 g/mol. The molecule has 2 N–H and O–H groups in total. The van der Waals surface area contributed by atoms with Crippen molar-refractivity contribution in [1.29, 1.82) is 0 Å². The number of carbonyl (C=O) groups is 4. The van der Waals surface area contributed by atoms with E-state index in [2.05, 4.69) is 0 Å². The third-order valence-corrected chi connectivity index (χ3v) is 7.28. The van der Waals surface area contributed by atoms with Crippen molar-refractivity contribution in [1.82, 2.24) is 0 Å². The number of rotatable bonds is 16. The van der Waals surface area contributed by atoms with Gasteiger partial charge in [0.1, 0.15) is 0 Å². The lowest BCUT2D eigenvalue weighted by atomic mass is 9.79. The average Bonchev–Trinajstić information content (AvgIpc) is 2.82. The quantitative estimate of drug-likeness (QED) is 0.295.